The molecule has 5 nitrogen and oxygen atoms in total. The minimum Gasteiger partial charge on any atom is -0.509 e. The van der Waals surface area contributed by atoms with Gasteiger partial charge in [0, 0.05) is 50.0 Å². The van der Waals surface area contributed by atoms with Gasteiger partial charge in [0.2, 0.25) is 0 Å². The van der Waals surface area contributed by atoms with Gasteiger partial charge in [-0.3, -0.25) is 0 Å². The van der Waals surface area contributed by atoms with Crippen LogP contribution in [-0.4, -0.2) is 14.1 Å². The Morgan fingerprint density at radius 3 is 1.57 bits per heavy atom. The van der Waals surface area contributed by atoms with Crippen LogP contribution in [0.2, 0.25) is 0 Å². The molecule has 6 heteroatoms. The Morgan fingerprint density at radius 1 is 0.398 bits per heavy atom. The van der Waals surface area contributed by atoms with E-state index in [0.717, 1.165) is 83.1 Å². The van der Waals surface area contributed by atoms with E-state index in [4.69, 9.17) is 9.72 Å². The fourth-order valence-electron chi connectivity index (χ4n) is 12.9. The monoisotopic (exact) mass is 1320 g/mol. The number of ether oxygens (including phenoxy) is 1. The van der Waals surface area contributed by atoms with Gasteiger partial charge in [0.25, 0.3) is 0 Å². The van der Waals surface area contributed by atoms with Gasteiger partial charge >= 0.3 is 0 Å². The molecule has 1 aliphatic rings. The second kappa shape index (κ2) is 21.8. The van der Waals surface area contributed by atoms with Crippen LogP contribution in [0.15, 0.2) is 219 Å². The molecule has 0 unspecified atom stereocenters. The maximum Gasteiger partial charge on any atom is 0.135 e. The summed E-state index contributed by atoms with van der Waals surface area (Å²) in [5, 5.41) is 9.22. The number of pyridine rings is 1. The van der Waals surface area contributed by atoms with Crippen LogP contribution < -0.4 is 9.64 Å². The third-order valence-corrected chi connectivity index (χ3v) is 17.7. The molecular formula is C82H73N4OPt-3. The number of aromatic nitrogens is 3. The molecule has 440 valence electrons. The number of anilines is 2. The third-order valence-electron chi connectivity index (χ3n) is 17.7. The van der Waals surface area contributed by atoms with E-state index in [1.807, 2.05) is 18.3 Å². The summed E-state index contributed by atoms with van der Waals surface area (Å²) in [5.74, 6) is 1.99. The maximum absolute atomic E-state index is 6.96. The number of fused-ring (bicyclic) bond motifs is 10. The van der Waals surface area contributed by atoms with Gasteiger partial charge in [-0.05, 0) is 163 Å². The van der Waals surface area contributed by atoms with Crippen LogP contribution in [0.25, 0.3) is 104 Å². The molecule has 13 aromatic rings. The summed E-state index contributed by atoms with van der Waals surface area (Å²) in [6, 6.07) is 85.5. The summed E-state index contributed by atoms with van der Waals surface area (Å²) < 4.78 is 11.7. The van der Waals surface area contributed by atoms with Crippen LogP contribution in [-0.2, 0) is 42.7 Å². The van der Waals surface area contributed by atoms with Gasteiger partial charge in [0.05, 0.1) is 0 Å². The summed E-state index contributed by atoms with van der Waals surface area (Å²) in [6.07, 6.45) is 1.92. The topological polar surface area (TPSA) is 35.2 Å². The number of rotatable bonds is 7. The standard InChI is InChI=1S/C82H73N4O.Pt/c1-79(2,3)56-40-41-83-75(48-56)86-72-36-22-32-63(52-24-14-13-15-25-52)76(72)71-39-38-62(50-74(71)86)87-61-27-20-26-60(49-61)84-51-85-77-64(55-42-53(43-57(46-55)80(4,5)6)54-44-58(81(7,8)9)47-59(45-54)82(10,11)12)33-21-34-69(77)67-30-18-16-28-65(67)66-29-17-19-31-68(66)70-35-23-37-73(84)78(70)85;/h13-48,51H,1-12H3;/q-3;. The second-order valence-corrected chi connectivity index (χ2v) is 27.8. The number of para-hydroxylation sites is 2. The van der Waals surface area contributed by atoms with Crippen molar-refractivity contribution in [1.82, 2.24) is 14.1 Å². The molecule has 14 rings (SSSR count). The van der Waals surface area contributed by atoms with Gasteiger partial charge in [0.1, 0.15) is 5.82 Å². The second-order valence-electron chi connectivity index (χ2n) is 27.8. The first-order chi connectivity index (χ1) is 41.7. The maximum atomic E-state index is 6.96. The van der Waals surface area contributed by atoms with Crippen LogP contribution in [0.3, 0.4) is 0 Å². The molecular weight excluding hydrogens is 1250 g/mol. The molecule has 0 saturated carbocycles. The minimum atomic E-state index is -0.142. The van der Waals surface area contributed by atoms with E-state index in [2.05, 4.69) is 316 Å². The molecule has 0 spiro atoms. The molecule has 0 amide bonds. The smallest absolute Gasteiger partial charge is 0.135 e. The first kappa shape index (κ1) is 58.1. The molecule has 88 heavy (non-hydrogen) atoms. The van der Waals surface area contributed by atoms with E-state index < -0.39 is 0 Å². The van der Waals surface area contributed by atoms with Crippen molar-refractivity contribution in [2.45, 2.75) is 105 Å². The summed E-state index contributed by atoms with van der Waals surface area (Å²) in [4.78, 5) is 7.31. The van der Waals surface area contributed by atoms with Crippen molar-refractivity contribution in [3.63, 3.8) is 0 Å². The zero-order valence-electron chi connectivity index (χ0n) is 52.4. The Kier molecular flexibility index (Phi) is 14.4. The van der Waals surface area contributed by atoms with Gasteiger partial charge in [0.15, 0.2) is 0 Å². The normalized spacial score (nSPS) is 12.8. The van der Waals surface area contributed by atoms with Crippen LogP contribution >= 0.6 is 0 Å². The Bertz CT molecular complexity index is 4950. The molecule has 0 fully saturated rings. The quantitative estimate of drug-likeness (QED) is 0.149. The van der Waals surface area contributed by atoms with E-state index >= 15 is 0 Å². The first-order valence-corrected chi connectivity index (χ1v) is 30.6. The number of hydrogen-bond acceptors (Lipinski definition) is 3. The van der Waals surface area contributed by atoms with Crippen molar-refractivity contribution in [1.29, 1.82) is 0 Å². The molecule has 0 saturated heterocycles. The van der Waals surface area contributed by atoms with Crippen LogP contribution in [0.4, 0.5) is 11.4 Å². The van der Waals surface area contributed by atoms with Crippen molar-refractivity contribution in [2.24, 2.45) is 0 Å². The van der Waals surface area contributed by atoms with Crippen molar-refractivity contribution < 1.29 is 25.8 Å². The minimum absolute atomic E-state index is 0. The van der Waals surface area contributed by atoms with Crippen molar-refractivity contribution in [3.8, 4) is 50.7 Å². The number of nitrogens with zero attached hydrogens (tertiary/aromatic N) is 4. The fraction of sp³-hybridized carbons (Fsp3) is 0.195. The van der Waals surface area contributed by atoms with Crippen molar-refractivity contribution in [2.75, 3.05) is 4.90 Å². The largest absolute Gasteiger partial charge is 0.509 e. The predicted octanol–water partition coefficient (Wildman–Crippen LogP) is 22.4. The van der Waals surface area contributed by atoms with Gasteiger partial charge in [-0.25, -0.2) is 4.98 Å². The van der Waals surface area contributed by atoms with Gasteiger partial charge in [-0.1, -0.05) is 246 Å². The molecule has 0 radical (unpaired) electrons. The average molecular weight is 1330 g/mol. The molecule has 1 aliphatic heterocycles. The number of hydrogen-bond donors (Lipinski definition) is 0. The summed E-state index contributed by atoms with van der Waals surface area (Å²) in [5.41, 5.74) is 17.9. The third kappa shape index (κ3) is 10.3. The van der Waals surface area contributed by atoms with Crippen LogP contribution in [0.1, 0.15) is 105 Å². The Balaban J connectivity index is 0.00000714. The van der Waals surface area contributed by atoms with E-state index in [1.54, 1.807) is 0 Å². The summed E-state index contributed by atoms with van der Waals surface area (Å²) in [6.45, 7) is 30.0. The summed E-state index contributed by atoms with van der Waals surface area (Å²) in [7, 11) is 0. The fourth-order valence-corrected chi connectivity index (χ4v) is 12.9. The zero-order valence-corrected chi connectivity index (χ0v) is 54.6. The van der Waals surface area contributed by atoms with Gasteiger partial charge in [-0.15, -0.1) is 35.7 Å². The van der Waals surface area contributed by atoms with Crippen LogP contribution in [0.5, 0.6) is 11.5 Å². The number of benzene rings is 10. The van der Waals surface area contributed by atoms with Crippen LogP contribution in [0, 0.1) is 18.8 Å². The molecule has 10 aromatic carbocycles. The molecule has 0 bridgehead atoms. The Morgan fingerprint density at radius 2 is 0.920 bits per heavy atom. The Hall–Kier alpha value is -8.89. The summed E-state index contributed by atoms with van der Waals surface area (Å²) >= 11 is 0. The molecule has 0 atom stereocenters. The average Bonchev–Trinajstić information content (AvgIpc) is 1.72. The van der Waals surface area contributed by atoms with E-state index in [0.29, 0.717) is 11.5 Å². The van der Waals surface area contributed by atoms with Crippen molar-refractivity contribution >= 4 is 76.5 Å². The van der Waals surface area contributed by atoms with Crippen molar-refractivity contribution in [3.05, 3.63) is 260 Å². The SMILES string of the molecule is CC(C)(C)c1cc(-c2cc(C(C)(C)C)cc(C(C)(C)C)c2)cc(-c2cccc3c4ccccc4c4ccccc4c4cccc5c4n(c23)[CH-]N5c2[c-]c(Oc3[c-]c4c(cc3)c3c(-c5ccccc5)cccc3n4-c3cc(C(C)(C)C)ccn3)ccc2)c1.[Pt]. The molecule has 3 aromatic heterocycles. The molecule has 0 N–H and O–H groups in total. The molecule has 4 heterocycles. The van der Waals surface area contributed by atoms with Gasteiger partial charge in [-0.2, -0.15) is 12.1 Å². The first-order valence-electron chi connectivity index (χ1n) is 30.6. The van der Waals surface area contributed by atoms with Gasteiger partial charge < -0.3 is 18.8 Å². The predicted molar refractivity (Wildman–Crippen MR) is 368 cm³/mol. The van der Waals surface area contributed by atoms with E-state index in [1.165, 1.54) is 54.9 Å². The van der Waals surface area contributed by atoms with E-state index in [-0.39, 0.29) is 42.7 Å². The molecule has 0 aliphatic carbocycles. The Labute approximate surface area is 532 Å². The van der Waals surface area contributed by atoms with E-state index in [9.17, 15) is 0 Å². The zero-order chi connectivity index (χ0) is 60.3.